The molecule has 1 saturated carbocycles. The number of pyridine rings is 1. The molecule has 1 aliphatic carbocycles. The number of aromatic nitrogens is 1. The van der Waals surface area contributed by atoms with Crippen molar-refractivity contribution in [3.8, 4) is 0 Å². The zero-order valence-electron chi connectivity index (χ0n) is 16.1. The van der Waals surface area contributed by atoms with Gasteiger partial charge in [0.05, 0.1) is 12.3 Å². The third kappa shape index (κ3) is 3.80. The standard InChI is InChI=1S/C21H27N3O4/c1-14(26)24(15-7-4-2-3-5-8-15)18-10-6-9-17-16(18)11-12-23(21(17)28)19(13-25)20(22)27/h6,9-12,15,19,25H,2-5,7-8,13H2,1H3,(H2,22,27). The molecule has 2 amide bonds. The molecule has 1 atom stereocenters. The molecule has 0 bridgehead atoms. The lowest BCUT2D eigenvalue weighted by molar-refractivity contribution is -0.122. The van der Waals surface area contributed by atoms with Crippen molar-refractivity contribution in [3.63, 3.8) is 0 Å². The monoisotopic (exact) mass is 385 g/mol. The van der Waals surface area contributed by atoms with Crippen LogP contribution in [0.5, 0.6) is 0 Å². The number of aliphatic hydroxyl groups excluding tert-OH is 1. The summed E-state index contributed by atoms with van der Waals surface area (Å²) in [5, 5.41) is 10.5. The minimum atomic E-state index is -1.12. The Hall–Kier alpha value is -2.67. The van der Waals surface area contributed by atoms with Crippen molar-refractivity contribution in [2.24, 2.45) is 5.73 Å². The molecule has 1 aliphatic rings. The molecule has 0 saturated heterocycles. The van der Waals surface area contributed by atoms with E-state index in [4.69, 9.17) is 5.73 Å². The quantitative estimate of drug-likeness (QED) is 0.769. The Bertz CT molecular complexity index is 929. The first-order valence-corrected chi connectivity index (χ1v) is 9.79. The van der Waals surface area contributed by atoms with E-state index in [2.05, 4.69) is 0 Å². The summed E-state index contributed by atoms with van der Waals surface area (Å²) in [7, 11) is 0. The number of nitrogens with two attached hydrogens (primary N) is 1. The van der Waals surface area contributed by atoms with Gasteiger partial charge in [-0.05, 0) is 31.0 Å². The zero-order chi connectivity index (χ0) is 20.3. The van der Waals surface area contributed by atoms with Gasteiger partial charge in [0, 0.05) is 29.9 Å². The number of aliphatic hydroxyl groups is 1. The molecular weight excluding hydrogens is 358 g/mol. The Kier molecular flexibility index (Phi) is 6.14. The topological polar surface area (TPSA) is 106 Å². The van der Waals surface area contributed by atoms with E-state index in [9.17, 15) is 19.5 Å². The van der Waals surface area contributed by atoms with Crippen LogP contribution in [0.2, 0.25) is 0 Å². The number of nitrogens with zero attached hydrogens (tertiary/aromatic N) is 2. The average Bonchev–Trinajstić information content (AvgIpc) is 2.93. The van der Waals surface area contributed by atoms with Crippen molar-refractivity contribution in [3.05, 3.63) is 40.8 Å². The van der Waals surface area contributed by atoms with Gasteiger partial charge in [-0.2, -0.15) is 0 Å². The molecule has 1 aromatic heterocycles. The fraction of sp³-hybridized carbons (Fsp3) is 0.476. The van der Waals surface area contributed by atoms with Crippen molar-refractivity contribution in [2.45, 2.75) is 57.5 Å². The lowest BCUT2D eigenvalue weighted by atomic mass is 10.0. The van der Waals surface area contributed by atoms with Crippen LogP contribution in [0.1, 0.15) is 51.5 Å². The van der Waals surface area contributed by atoms with Crippen molar-refractivity contribution in [1.82, 2.24) is 4.57 Å². The van der Waals surface area contributed by atoms with Gasteiger partial charge >= 0.3 is 0 Å². The van der Waals surface area contributed by atoms with E-state index >= 15 is 0 Å². The Balaban J connectivity index is 2.13. The highest BCUT2D eigenvalue weighted by Gasteiger charge is 2.26. The fourth-order valence-corrected chi connectivity index (χ4v) is 4.19. The minimum Gasteiger partial charge on any atom is -0.394 e. The van der Waals surface area contributed by atoms with Crippen LogP contribution in [-0.2, 0) is 9.59 Å². The Labute approximate surface area is 163 Å². The van der Waals surface area contributed by atoms with E-state index in [0.29, 0.717) is 16.5 Å². The summed E-state index contributed by atoms with van der Waals surface area (Å²) < 4.78 is 1.15. The van der Waals surface area contributed by atoms with Gasteiger partial charge in [0.25, 0.3) is 5.56 Å². The highest BCUT2D eigenvalue weighted by molar-refractivity contribution is 6.03. The van der Waals surface area contributed by atoms with Gasteiger partial charge < -0.3 is 20.3 Å². The van der Waals surface area contributed by atoms with E-state index in [0.717, 1.165) is 30.3 Å². The van der Waals surface area contributed by atoms with Crippen LogP contribution in [0.4, 0.5) is 5.69 Å². The number of amides is 2. The van der Waals surface area contributed by atoms with Gasteiger partial charge in [0.1, 0.15) is 6.04 Å². The van der Waals surface area contributed by atoms with E-state index in [1.165, 1.54) is 19.0 Å². The Morgan fingerprint density at radius 2 is 1.86 bits per heavy atom. The molecule has 0 aliphatic heterocycles. The maximum absolute atomic E-state index is 12.9. The lowest BCUT2D eigenvalue weighted by Crippen LogP contribution is -2.39. The lowest BCUT2D eigenvalue weighted by Gasteiger charge is -2.31. The maximum atomic E-state index is 12.9. The van der Waals surface area contributed by atoms with Crippen LogP contribution in [0, 0.1) is 0 Å². The average molecular weight is 385 g/mol. The Morgan fingerprint density at radius 1 is 1.18 bits per heavy atom. The van der Waals surface area contributed by atoms with Crippen LogP contribution in [0.15, 0.2) is 35.3 Å². The third-order valence-electron chi connectivity index (χ3n) is 5.58. The van der Waals surface area contributed by atoms with Gasteiger partial charge in [-0.25, -0.2) is 0 Å². The molecule has 2 aromatic rings. The summed E-state index contributed by atoms with van der Waals surface area (Å²) in [4.78, 5) is 38.9. The Morgan fingerprint density at radius 3 is 2.43 bits per heavy atom. The number of hydrogen-bond donors (Lipinski definition) is 2. The molecular formula is C21H27N3O4. The number of primary amides is 1. The second-order valence-corrected chi connectivity index (χ2v) is 7.40. The predicted octanol–water partition coefficient (Wildman–Crippen LogP) is 2.10. The molecule has 1 aromatic carbocycles. The highest BCUT2D eigenvalue weighted by Crippen LogP contribution is 2.31. The first-order chi connectivity index (χ1) is 13.5. The van der Waals surface area contributed by atoms with Gasteiger partial charge in [0.2, 0.25) is 11.8 Å². The number of anilines is 1. The molecule has 0 spiro atoms. The number of hydrogen-bond acceptors (Lipinski definition) is 4. The van der Waals surface area contributed by atoms with Crippen molar-refractivity contribution in [1.29, 1.82) is 0 Å². The number of carbonyl (C=O) groups is 2. The molecule has 3 N–H and O–H groups in total. The summed E-state index contributed by atoms with van der Waals surface area (Å²) in [6, 6.07) is 5.97. The van der Waals surface area contributed by atoms with E-state index in [1.807, 2.05) is 11.0 Å². The zero-order valence-corrected chi connectivity index (χ0v) is 16.1. The second kappa shape index (κ2) is 8.56. The summed E-state index contributed by atoms with van der Waals surface area (Å²) in [6.45, 7) is 1.00. The van der Waals surface area contributed by atoms with Crippen LogP contribution >= 0.6 is 0 Å². The highest BCUT2D eigenvalue weighted by atomic mass is 16.3. The molecule has 150 valence electrons. The van der Waals surface area contributed by atoms with Gasteiger partial charge in [0.15, 0.2) is 0 Å². The van der Waals surface area contributed by atoms with Crippen molar-refractivity contribution >= 4 is 28.3 Å². The molecule has 1 unspecified atom stereocenters. The maximum Gasteiger partial charge on any atom is 0.259 e. The molecule has 7 heteroatoms. The van der Waals surface area contributed by atoms with Crippen LogP contribution in [-0.4, -0.2) is 34.1 Å². The minimum absolute atomic E-state index is 0.0473. The largest absolute Gasteiger partial charge is 0.394 e. The van der Waals surface area contributed by atoms with Crippen LogP contribution in [0.25, 0.3) is 10.8 Å². The summed E-state index contributed by atoms with van der Waals surface area (Å²) >= 11 is 0. The molecule has 1 fully saturated rings. The van der Waals surface area contributed by atoms with E-state index in [-0.39, 0.29) is 11.9 Å². The van der Waals surface area contributed by atoms with Gasteiger partial charge in [-0.3, -0.25) is 14.4 Å². The van der Waals surface area contributed by atoms with Crippen LogP contribution < -0.4 is 16.2 Å². The van der Waals surface area contributed by atoms with Gasteiger partial charge in [-0.15, -0.1) is 0 Å². The summed E-state index contributed by atoms with van der Waals surface area (Å²) in [6.07, 6.45) is 7.88. The molecule has 7 nitrogen and oxygen atoms in total. The number of benzene rings is 1. The van der Waals surface area contributed by atoms with Crippen LogP contribution in [0.3, 0.4) is 0 Å². The second-order valence-electron chi connectivity index (χ2n) is 7.40. The molecule has 28 heavy (non-hydrogen) atoms. The van der Waals surface area contributed by atoms with E-state index in [1.54, 1.807) is 25.1 Å². The van der Waals surface area contributed by atoms with Crippen molar-refractivity contribution in [2.75, 3.05) is 11.5 Å². The number of fused-ring (bicyclic) bond motifs is 1. The fourth-order valence-electron chi connectivity index (χ4n) is 4.19. The molecule has 1 heterocycles. The first kappa shape index (κ1) is 20.1. The van der Waals surface area contributed by atoms with E-state index < -0.39 is 24.1 Å². The number of carbonyl (C=O) groups excluding carboxylic acids is 2. The SMILES string of the molecule is CC(=O)N(c1cccc2c(=O)n(C(CO)C(N)=O)ccc12)C1CCCCCC1. The first-order valence-electron chi connectivity index (χ1n) is 9.79. The smallest absolute Gasteiger partial charge is 0.259 e. The predicted molar refractivity (Wildman–Crippen MR) is 108 cm³/mol. The summed E-state index contributed by atoms with van der Waals surface area (Å²) in [5.41, 5.74) is 5.60. The summed E-state index contributed by atoms with van der Waals surface area (Å²) in [5.74, 6) is -0.821. The van der Waals surface area contributed by atoms with Gasteiger partial charge in [-0.1, -0.05) is 31.7 Å². The molecule has 3 rings (SSSR count). The van der Waals surface area contributed by atoms with Crippen molar-refractivity contribution < 1.29 is 14.7 Å². The molecule has 0 radical (unpaired) electrons. The normalized spacial score (nSPS) is 16.5. The number of rotatable bonds is 5. The third-order valence-corrected chi connectivity index (χ3v) is 5.58.